The van der Waals surface area contributed by atoms with Crippen LogP contribution in [0, 0.1) is 5.92 Å². The van der Waals surface area contributed by atoms with Gasteiger partial charge in [0.1, 0.15) is 0 Å². The highest BCUT2D eigenvalue weighted by Crippen LogP contribution is 2.36. The monoisotopic (exact) mass is 266 g/mol. The standard InChI is InChI=1S/C17H34N2/c1-4-17(3,19-12-7-6-8-13-19)16(18-5-2)14-15-10-9-11-15/h15-16,18H,4-14H2,1-3H3. The zero-order chi connectivity index (χ0) is 13.7. The normalized spacial score (nSPS) is 26.7. The summed E-state index contributed by atoms with van der Waals surface area (Å²) in [6.45, 7) is 10.9. The van der Waals surface area contributed by atoms with Gasteiger partial charge >= 0.3 is 0 Å². The van der Waals surface area contributed by atoms with Crippen molar-refractivity contribution in [3.63, 3.8) is 0 Å². The molecule has 2 aliphatic rings. The highest BCUT2D eigenvalue weighted by Gasteiger charge is 2.39. The van der Waals surface area contributed by atoms with Gasteiger partial charge in [-0.3, -0.25) is 4.90 Å². The molecule has 0 radical (unpaired) electrons. The number of rotatable bonds is 7. The van der Waals surface area contributed by atoms with Crippen LogP contribution in [0.15, 0.2) is 0 Å². The molecule has 1 aliphatic heterocycles. The second-order valence-electron chi connectivity index (χ2n) is 6.90. The molecule has 2 atom stereocenters. The maximum atomic E-state index is 3.83. The predicted octanol–water partition coefficient (Wildman–Crippen LogP) is 3.81. The fraction of sp³-hybridized carbons (Fsp3) is 1.00. The highest BCUT2D eigenvalue weighted by molar-refractivity contribution is 4.98. The van der Waals surface area contributed by atoms with Crippen molar-refractivity contribution in [3.8, 4) is 0 Å². The van der Waals surface area contributed by atoms with Crippen molar-refractivity contribution in [2.24, 2.45) is 5.92 Å². The van der Waals surface area contributed by atoms with E-state index in [2.05, 4.69) is 31.0 Å². The lowest BCUT2D eigenvalue weighted by atomic mass is 9.74. The van der Waals surface area contributed by atoms with E-state index in [1.165, 1.54) is 64.5 Å². The lowest BCUT2D eigenvalue weighted by Gasteiger charge is -2.49. The predicted molar refractivity (Wildman–Crippen MR) is 83.5 cm³/mol. The number of nitrogens with one attached hydrogen (secondary N) is 1. The van der Waals surface area contributed by atoms with Crippen molar-refractivity contribution in [1.29, 1.82) is 0 Å². The number of likely N-dealkylation sites (tertiary alicyclic amines) is 1. The lowest BCUT2D eigenvalue weighted by molar-refractivity contribution is 0.0305. The summed E-state index contributed by atoms with van der Waals surface area (Å²) in [5.74, 6) is 1.000. The van der Waals surface area contributed by atoms with E-state index >= 15 is 0 Å². The smallest absolute Gasteiger partial charge is 0.0331 e. The molecule has 2 nitrogen and oxygen atoms in total. The first kappa shape index (κ1) is 15.3. The van der Waals surface area contributed by atoms with E-state index < -0.39 is 0 Å². The van der Waals surface area contributed by atoms with Crippen LogP contribution in [0.1, 0.15) is 72.1 Å². The van der Waals surface area contributed by atoms with E-state index in [9.17, 15) is 0 Å². The molecule has 19 heavy (non-hydrogen) atoms. The molecule has 0 bridgehead atoms. The van der Waals surface area contributed by atoms with E-state index in [4.69, 9.17) is 0 Å². The minimum Gasteiger partial charge on any atom is -0.312 e. The van der Waals surface area contributed by atoms with Crippen molar-refractivity contribution in [1.82, 2.24) is 10.2 Å². The summed E-state index contributed by atoms with van der Waals surface area (Å²) < 4.78 is 0. The largest absolute Gasteiger partial charge is 0.312 e. The van der Waals surface area contributed by atoms with Gasteiger partial charge in [-0.25, -0.2) is 0 Å². The number of hydrogen-bond acceptors (Lipinski definition) is 2. The van der Waals surface area contributed by atoms with Crippen LogP contribution in [0.25, 0.3) is 0 Å². The first-order valence-corrected chi connectivity index (χ1v) is 8.69. The SMILES string of the molecule is CCNC(CC1CCC1)C(C)(CC)N1CCCCC1. The molecule has 2 fully saturated rings. The third kappa shape index (κ3) is 3.52. The second kappa shape index (κ2) is 7.08. The summed E-state index contributed by atoms with van der Waals surface area (Å²) in [4.78, 5) is 2.79. The molecule has 1 saturated carbocycles. The van der Waals surface area contributed by atoms with Gasteiger partial charge in [0.05, 0.1) is 0 Å². The zero-order valence-electron chi connectivity index (χ0n) is 13.4. The maximum Gasteiger partial charge on any atom is 0.0331 e. The molecule has 2 rings (SSSR count). The molecule has 0 aromatic rings. The molecule has 112 valence electrons. The van der Waals surface area contributed by atoms with Crippen molar-refractivity contribution >= 4 is 0 Å². The van der Waals surface area contributed by atoms with Gasteiger partial charge in [-0.1, -0.05) is 39.5 Å². The van der Waals surface area contributed by atoms with Crippen LogP contribution in [0.5, 0.6) is 0 Å². The maximum absolute atomic E-state index is 3.83. The zero-order valence-corrected chi connectivity index (χ0v) is 13.4. The van der Waals surface area contributed by atoms with Crippen molar-refractivity contribution in [2.45, 2.75) is 83.7 Å². The Morgan fingerprint density at radius 2 is 1.79 bits per heavy atom. The van der Waals surface area contributed by atoms with Gasteiger partial charge in [0.25, 0.3) is 0 Å². The summed E-state index contributed by atoms with van der Waals surface area (Å²) in [5.41, 5.74) is 0.367. The summed E-state index contributed by atoms with van der Waals surface area (Å²) in [7, 11) is 0. The van der Waals surface area contributed by atoms with Gasteiger partial charge in [0.2, 0.25) is 0 Å². The fourth-order valence-corrected chi connectivity index (χ4v) is 3.96. The van der Waals surface area contributed by atoms with Crippen LogP contribution in [0.4, 0.5) is 0 Å². The summed E-state index contributed by atoms with van der Waals surface area (Å²) in [5, 5.41) is 3.83. The summed E-state index contributed by atoms with van der Waals surface area (Å²) >= 11 is 0. The molecule has 1 heterocycles. The Morgan fingerprint density at radius 1 is 1.11 bits per heavy atom. The Balaban J connectivity index is 2.03. The van der Waals surface area contributed by atoms with Crippen LogP contribution in [0.2, 0.25) is 0 Å². The van der Waals surface area contributed by atoms with Gasteiger partial charge in [-0.05, 0) is 58.2 Å². The van der Waals surface area contributed by atoms with Gasteiger partial charge in [-0.15, -0.1) is 0 Å². The Morgan fingerprint density at radius 3 is 2.26 bits per heavy atom. The van der Waals surface area contributed by atoms with Crippen LogP contribution in [-0.4, -0.2) is 36.1 Å². The van der Waals surface area contributed by atoms with E-state index in [1.807, 2.05) is 0 Å². The second-order valence-corrected chi connectivity index (χ2v) is 6.90. The third-order valence-corrected chi connectivity index (χ3v) is 5.79. The first-order valence-electron chi connectivity index (χ1n) is 8.69. The molecule has 1 aliphatic carbocycles. The van der Waals surface area contributed by atoms with Crippen LogP contribution < -0.4 is 5.32 Å². The van der Waals surface area contributed by atoms with Crippen molar-refractivity contribution in [2.75, 3.05) is 19.6 Å². The molecule has 0 spiro atoms. The molecule has 1 saturated heterocycles. The lowest BCUT2D eigenvalue weighted by Crippen LogP contribution is -2.61. The topological polar surface area (TPSA) is 15.3 Å². The van der Waals surface area contributed by atoms with Gasteiger partial charge in [0.15, 0.2) is 0 Å². The van der Waals surface area contributed by atoms with E-state index in [1.54, 1.807) is 0 Å². The highest BCUT2D eigenvalue weighted by atomic mass is 15.2. The Bertz CT molecular complexity index is 256. The number of nitrogens with zero attached hydrogens (tertiary/aromatic N) is 1. The molecular weight excluding hydrogens is 232 g/mol. The Kier molecular flexibility index (Phi) is 5.70. The van der Waals surface area contributed by atoms with Crippen molar-refractivity contribution in [3.05, 3.63) is 0 Å². The average molecular weight is 266 g/mol. The molecule has 2 heteroatoms. The van der Waals surface area contributed by atoms with Crippen LogP contribution >= 0.6 is 0 Å². The molecule has 0 aromatic carbocycles. The molecular formula is C17H34N2. The molecule has 0 amide bonds. The van der Waals surface area contributed by atoms with E-state index in [-0.39, 0.29) is 0 Å². The van der Waals surface area contributed by atoms with Crippen LogP contribution in [-0.2, 0) is 0 Å². The third-order valence-electron chi connectivity index (χ3n) is 5.79. The summed E-state index contributed by atoms with van der Waals surface area (Å²) in [6.07, 6.45) is 11.3. The molecule has 2 unspecified atom stereocenters. The quantitative estimate of drug-likeness (QED) is 0.754. The number of likely N-dealkylation sites (N-methyl/N-ethyl adjacent to an activating group) is 1. The van der Waals surface area contributed by atoms with Gasteiger partial charge < -0.3 is 5.32 Å². The number of piperidine rings is 1. The minimum atomic E-state index is 0.367. The summed E-state index contributed by atoms with van der Waals surface area (Å²) in [6, 6.07) is 0.686. The molecule has 0 aromatic heterocycles. The minimum absolute atomic E-state index is 0.367. The van der Waals surface area contributed by atoms with E-state index in [0.717, 1.165) is 12.5 Å². The number of hydrogen-bond donors (Lipinski definition) is 1. The Labute approximate surface area is 120 Å². The Hall–Kier alpha value is -0.0800. The van der Waals surface area contributed by atoms with Gasteiger partial charge in [-0.2, -0.15) is 0 Å². The average Bonchev–Trinajstić information content (AvgIpc) is 2.41. The van der Waals surface area contributed by atoms with Crippen LogP contribution in [0.3, 0.4) is 0 Å². The fourth-order valence-electron chi connectivity index (χ4n) is 3.96. The van der Waals surface area contributed by atoms with Crippen molar-refractivity contribution < 1.29 is 0 Å². The molecule has 1 N–H and O–H groups in total. The van der Waals surface area contributed by atoms with Gasteiger partial charge in [0, 0.05) is 11.6 Å². The van der Waals surface area contributed by atoms with E-state index in [0.29, 0.717) is 11.6 Å². The first-order chi connectivity index (χ1) is 9.20.